The van der Waals surface area contributed by atoms with Gasteiger partial charge in [0.25, 0.3) is 5.56 Å². The van der Waals surface area contributed by atoms with Gasteiger partial charge >= 0.3 is 0 Å². The molecular formula is C19H22N6O2. The predicted molar refractivity (Wildman–Crippen MR) is 104 cm³/mol. The molecule has 1 fully saturated rings. The van der Waals surface area contributed by atoms with Crippen molar-refractivity contribution in [2.75, 3.05) is 11.1 Å². The molecule has 0 spiro atoms. The predicted octanol–water partition coefficient (Wildman–Crippen LogP) is 1.69. The Hall–Kier alpha value is -3.00. The molecule has 1 aliphatic carbocycles. The second-order valence-corrected chi connectivity index (χ2v) is 6.79. The first kappa shape index (κ1) is 14.1. The van der Waals surface area contributed by atoms with Crippen LogP contribution in [0, 0.1) is 0 Å². The summed E-state index contributed by atoms with van der Waals surface area (Å²) in [6.45, 7) is -2.60. The van der Waals surface area contributed by atoms with Gasteiger partial charge in [-0.2, -0.15) is 0 Å². The van der Waals surface area contributed by atoms with Gasteiger partial charge in [-0.1, -0.05) is 0 Å². The number of anilines is 2. The molecule has 0 aliphatic heterocycles. The lowest BCUT2D eigenvalue weighted by atomic mass is 9.93. The molecule has 8 heteroatoms. The number of aromatic nitrogens is 4. The number of nitrogen functional groups attached to an aromatic ring is 1. The summed E-state index contributed by atoms with van der Waals surface area (Å²) in [6.07, 6.45) is 6.78. The fourth-order valence-corrected chi connectivity index (χ4v) is 3.40. The van der Waals surface area contributed by atoms with E-state index in [0.29, 0.717) is 35.3 Å². The zero-order valence-corrected chi connectivity index (χ0v) is 14.6. The molecule has 0 amide bonds. The second kappa shape index (κ2) is 6.96. The first-order valence-electron chi connectivity index (χ1n) is 10.3. The molecule has 27 heavy (non-hydrogen) atoms. The number of nitrogens with zero attached hydrogens (tertiary/aromatic N) is 4. The average Bonchev–Trinajstić information content (AvgIpc) is 2.69. The van der Waals surface area contributed by atoms with Crippen molar-refractivity contribution in [2.45, 2.75) is 37.8 Å². The first-order chi connectivity index (χ1) is 14.2. The van der Waals surface area contributed by atoms with E-state index in [2.05, 4.69) is 20.3 Å². The molecule has 0 unspecified atom stereocenters. The van der Waals surface area contributed by atoms with E-state index < -0.39 is 12.5 Å². The minimum Gasteiger partial charge on any atom is -0.393 e. The quantitative estimate of drug-likeness (QED) is 0.643. The number of aliphatic hydroxyl groups is 1. The molecule has 0 bridgehead atoms. The maximum absolute atomic E-state index is 13.0. The monoisotopic (exact) mass is 369 g/mol. The van der Waals surface area contributed by atoms with Crippen molar-refractivity contribution < 1.29 is 9.22 Å². The third kappa shape index (κ3) is 3.48. The molecule has 3 heterocycles. The summed E-state index contributed by atoms with van der Waals surface area (Å²) in [5, 5.41) is 13.8. The molecule has 0 radical (unpaired) electrons. The average molecular weight is 369 g/mol. The van der Waals surface area contributed by atoms with Crippen LogP contribution in [0.4, 0.5) is 11.8 Å². The lowest BCUT2D eigenvalue weighted by molar-refractivity contribution is 0.126. The fourth-order valence-electron chi connectivity index (χ4n) is 3.40. The minimum atomic E-state index is -2.60. The van der Waals surface area contributed by atoms with Crippen LogP contribution in [0.1, 0.15) is 29.8 Å². The molecule has 3 aromatic rings. The molecule has 8 nitrogen and oxygen atoms in total. The maximum Gasteiger partial charge on any atom is 0.261 e. The SMILES string of the molecule is [2H]C([2H])([2H])n1ccc2cc(-c3cnc(N)nc3)nc(NC3CCC(O)CC3)c2c1=O. The summed E-state index contributed by atoms with van der Waals surface area (Å²) in [7, 11) is 0. The van der Waals surface area contributed by atoms with Gasteiger partial charge in [0.15, 0.2) is 0 Å². The van der Waals surface area contributed by atoms with E-state index in [1.165, 1.54) is 6.20 Å². The number of hydrogen-bond acceptors (Lipinski definition) is 7. The van der Waals surface area contributed by atoms with Gasteiger partial charge in [-0.05, 0) is 43.2 Å². The van der Waals surface area contributed by atoms with Crippen LogP contribution in [0.5, 0.6) is 0 Å². The Balaban J connectivity index is 1.86. The van der Waals surface area contributed by atoms with Gasteiger partial charge in [0.1, 0.15) is 5.82 Å². The number of nitrogens with one attached hydrogen (secondary N) is 1. The van der Waals surface area contributed by atoms with E-state index in [-0.39, 0.29) is 23.5 Å². The molecule has 4 N–H and O–H groups in total. The lowest BCUT2D eigenvalue weighted by Gasteiger charge is -2.27. The van der Waals surface area contributed by atoms with Crippen molar-refractivity contribution in [1.82, 2.24) is 19.5 Å². The van der Waals surface area contributed by atoms with Gasteiger partial charge in [0.2, 0.25) is 5.95 Å². The fraction of sp³-hybridized carbons (Fsp3) is 0.368. The number of hydrogen-bond donors (Lipinski definition) is 3. The van der Waals surface area contributed by atoms with Crippen molar-refractivity contribution in [3.8, 4) is 11.3 Å². The Morgan fingerprint density at radius 3 is 2.74 bits per heavy atom. The summed E-state index contributed by atoms with van der Waals surface area (Å²) < 4.78 is 23.6. The van der Waals surface area contributed by atoms with Crippen LogP contribution in [0.15, 0.2) is 35.5 Å². The van der Waals surface area contributed by atoms with Gasteiger partial charge < -0.3 is 20.7 Å². The van der Waals surface area contributed by atoms with Crippen LogP contribution in [0.25, 0.3) is 22.0 Å². The molecule has 1 saturated carbocycles. The summed E-state index contributed by atoms with van der Waals surface area (Å²) in [5.74, 6) is 0.448. The Morgan fingerprint density at radius 2 is 2.04 bits per heavy atom. The molecular weight excluding hydrogens is 344 g/mol. The number of fused-ring (bicyclic) bond motifs is 1. The molecule has 1 aliphatic rings. The minimum absolute atomic E-state index is 0.0165. The Kier molecular flexibility index (Phi) is 3.64. The Labute approximate surface area is 160 Å². The van der Waals surface area contributed by atoms with E-state index in [9.17, 15) is 9.90 Å². The Bertz CT molecular complexity index is 1120. The van der Waals surface area contributed by atoms with Crippen LogP contribution in [-0.2, 0) is 6.98 Å². The number of pyridine rings is 2. The topological polar surface area (TPSA) is 119 Å². The summed E-state index contributed by atoms with van der Waals surface area (Å²) in [6, 6.07) is 3.30. The van der Waals surface area contributed by atoms with Crippen LogP contribution in [-0.4, -0.2) is 36.8 Å². The van der Waals surface area contributed by atoms with Crippen molar-refractivity contribution in [3.63, 3.8) is 0 Å². The lowest BCUT2D eigenvalue weighted by Crippen LogP contribution is -2.29. The van der Waals surface area contributed by atoms with Gasteiger partial charge in [-0.15, -0.1) is 0 Å². The van der Waals surface area contributed by atoms with Crippen molar-refractivity contribution in [2.24, 2.45) is 6.98 Å². The van der Waals surface area contributed by atoms with Crippen molar-refractivity contribution in [3.05, 3.63) is 41.1 Å². The third-order valence-electron chi connectivity index (χ3n) is 4.89. The van der Waals surface area contributed by atoms with E-state index in [1.807, 2.05) is 0 Å². The zero-order valence-electron chi connectivity index (χ0n) is 17.6. The number of aryl methyl sites for hydroxylation is 1. The van der Waals surface area contributed by atoms with E-state index >= 15 is 0 Å². The molecule has 0 saturated heterocycles. The molecule has 0 aromatic carbocycles. The van der Waals surface area contributed by atoms with E-state index in [0.717, 1.165) is 17.4 Å². The molecule has 140 valence electrons. The number of rotatable bonds is 3. The second-order valence-electron chi connectivity index (χ2n) is 6.79. The standard InChI is InChI=1S/C19H22N6O2/c1-25-7-6-11-8-15(12-9-21-19(20)22-10-12)24-17(16(11)18(25)27)23-13-2-4-14(26)5-3-13/h6-10,13-14,26H,2-5H2,1H3,(H,23,24)(H2,20,21,22)/i1D3. The third-order valence-corrected chi connectivity index (χ3v) is 4.89. The highest BCUT2D eigenvalue weighted by molar-refractivity contribution is 5.93. The van der Waals surface area contributed by atoms with Crippen LogP contribution >= 0.6 is 0 Å². The normalized spacial score (nSPS) is 22.0. The van der Waals surface area contributed by atoms with E-state index in [4.69, 9.17) is 9.85 Å². The largest absolute Gasteiger partial charge is 0.393 e. The zero-order chi connectivity index (χ0) is 21.5. The van der Waals surface area contributed by atoms with Gasteiger partial charge in [0, 0.05) is 41.3 Å². The summed E-state index contributed by atoms with van der Waals surface area (Å²) in [5.41, 5.74) is 6.08. The van der Waals surface area contributed by atoms with Crippen molar-refractivity contribution >= 4 is 22.5 Å². The summed E-state index contributed by atoms with van der Waals surface area (Å²) in [4.78, 5) is 25.6. The molecule has 4 rings (SSSR count). The highest BCUT2D eigenvalue weighted by Crippen LogP contribution is 2.28. The van der Waals surface area contributed by atoms with Crippen LogP contribution < -0.4 is 16.6 Å². The maximum atomic E-state index is 13.0. The number of nitrogens with two attached hydrogens (primary N) is 1. The molecule has 3 aromatic heterocycles. The van der Waals surface area contributed by atoms with Crippen LogP contribution in [0.3, 0.4) is 0 Å². The van der Waals surface area contributed by atoms with Crippen molar-refractivity contribution in [1.29, 1.82) is 0 Å². The highest BCUT2D eigenvalue weighted by atomic mass is 16.3. The highest BCUT2D eigenvalue weighted by Gasteiger charge is 2.21. The Morgan fingerprint density at radius 1 is 1.30 bits per heavy atom. The molecule has 0 atom stereocenters. The smallest absolute Gasteiger partial charge is 0.261 e. The van der Waals surface area contributed by atoms with Gasteiger partial charge in [0.05, 0.1) is 17.2 Å². The first-order valence-corrected chi connectivity index (χ1v) is 8.82. The van der Waals surface area contributed by atoms with Crippen LogP contribution in [0.2, 0.25) is 0 Å². The van der Waals surface area contributed by atoms with E-state index in [1.54, 1.807) is 24.5 Å². The van der Waals surface area contributed by atoms with Gasteiger partial charge in [-0.25, -0.2) is 15.0 Å². The summed E-state index contributed by atoms with van der Waals surface area (Å²) >= 11 is 0. The van der Waals surface area contributed by atoms with Gasteiger partial charge in [-0.3, -0.25) is 4.79 Å². The number of aliphatic hydroxyl groups excluding tert-OH is 1.